The molecule has 3 rings (SSSR count). The minimum atomic E-state index is -0.782. The Labute approximate surface area is 209 Å². The van der Waals surface area contributed by atoms with Crippen LogP contribution in [-0.2, 0) is 9.59 Å². The zero-order valence-electron chi connectivity index (χ0n) is 19.1. The van der Waals surface area contributed by atoms with Gasteiger partial charge in [-0.05, 0) is 43.3 Å². The highest BCUT2D eigenvalue weighted by Gasteiger charge is 2.30. The molecule has 0 saturated carbocycles. The lowest BCUT2D eigenvalue weighted by Crippen LogP contribution is -2.51. The van der Waals surface area contributed by atoms with E-state index >= 15 is 0 Å². The first kappa shape index (κ1) is 25.5. The van der Waals surface area contributed by atoms with E-state index < -0.39 is 6.10 Å². The molecule has 0 radical (unpaired) electrons. The number of amides is 2. The summed E-state index contributed by atoms with van der Waals surface area (Å²) >= 11 is 18.5. The van der Waals surface area contributed by atoms with Gasteiger partial charge >= 0.3 is 0 Å². The topological polar surface area (TPSA) is 61.9 Å². The minimum Gasteiger partial charge on any atom is -0.479 e. The van der Waals surface area contributed by atoms with Crippen molar-refractivity contribution in [3.63, 3.8) is 0 Å². The van der Waals surface area contributed by atoms with Crippen molar-refractivity contribution in [1.29, 1.82) is 0 Å². The monoisotopic (exact) mass is 511 g/mol. The van der Waals surface area contributed by atoms with E-state index in [4.69, 9.17) is 39.5 Å². The molecule has 33 heavy (non-hydrogen) atoms. The van der Waals surface area contributed by atoms with Crippen LogP contribution >= 0.6 is 34.8 Å². The molecule has 1 heterocycles. The molecule has 0 aliphatic carbocycles. The maximum Gasteiger partial charge on any atom is 0.265 e. The van der Waals surface area contributed by atoms with Crippen molar-refractivity contribution in [1.82, 2.24) is 4.90 Å². The lowest BCUT2D eigenvalue weighted by molar-refractivity contribution is -0.139. The molecule has 178 valence electrons. The summed E-state index contributed by atoms with van der Waals surface area (Å²) in [5, 5.41) is 4.16. The molecule has 1 aliphatic heterocycles. The maximum absolute atomic E-state index is 12.6. The van der Waals surface area contributed by atoms with E-state index in [1.165, 1.54) is 0 Å². The van der Waals surface area contributed by atoms with Crippen molar-refractivity contribution in [2.24, 2.45) is 5.41 Å². The van der Waals surface area contributed by atoms with Crippen LogP contribution in [0.4, 0.5) is 11.4 Å². The van der Waals surface area contributed by atoms with Crippen molar-refractivity contribution >= 4 is 58.0 Å². The van der Waals surface area contributed by atoms with Gasteiger partial charge < -0.3 is 19.9 Å². The molecule has 1 fully saturated rings. The second-order valence-corrected chi connectivity index (χ2v) is 10.3. The van der Waals surface area contributed by atoms with Gasteiger partial charge in [-0.15, -0.1) is 0 Å². The summed E-state index contributed by atoms with van der Waals surface area (Å²) in [6.07, 6.45) is -0.782. The van der Waals surface area contributed by atoms with Gasteiger partial charge in [-0.2, -0.15) is 0 Å². The minimum absolute atomic E-state index is 0.155. The molecular weight excluding hydrogens is 485 g/mol. The van der Waals surface area contributed by atoms with Crippen molar-refractivity contribution in [2.75, 3.05) is 36.4 Å². The van der Waals surface area contributed by atoms with Gasteiger partial charge in [0, 0.05) is 42.3 Å². The van der Waals surface area contributed by atoms with Crippen LogP contribution in [0.15, 0.2) is 36.4 Å². The van der Waals surface area contributed by atoms with E-state index in [0.29, 0.717) is 52.7 Å². The van der Waals surface area contributed by atoms with Crippen LogP contribution in [0.25, 0.3) is 0 Å². The Balaban J connectivity index is 1.59. The van der Waals surface area contributed by atoms with Gasteiger partial charge in [0.2, 0.25) is 5.91 Å². The van der Waals surface area contributed by atoms with Crippen LogP contribution in [0.1, 0.15) is 27.7 Å². The normalized spacial score (nSPS) is 15.2. The Morgan fingerprint density at radius 3 is 2.21 bits per heavy atom. The number of piperazine rings is 1. The summed E-state index contributed by atoms with van der Waals surface area (Å²) < 4.78 is 5.66. The van der Waals surface area contributed by atoms with Gasteiger partial charge in [-0.1, -0.05) is 55.6 Å². The molecule has 9 heteroatoms. The number of halogens is 3. The number of hydrogen-bond donors (Lipinski definition) is 1. The lowest BCUT2D eigenvalue weighted by atomic mass is 9.94. The second-order valence-electron chi connectivity index (χ2n) is 9.02. The second kappa shape index (κ2) is 10.4. The molecule has 1 saturated heterocycles. The SMILES string of the molecule is C[C@H](Oc1ccc(Cl)cc1Cl)C(=O)Nc1ccc(N2CCN(C(=O)C(C)(C)C)CC2)c(Cl)c1. The predicted octanol–water partition coefficient (Wildman–Crippen LogP) is 5.75. The van der Waals surface area contributed by atoms with E-state index in [9.17, 15) is 9.59 Å². The maximum atomic E-state index is 12.6. The number of nitrogens with one attached hydrogen (secondary N) is 1. The number of anilines is 2. The molecule has 2 aromatic carbocycles. The summed E-state index contributed by atoms with van der Waals surface area (Å²) in [6, 6.07) is 10.2. The first-order valence-corrected chi connectivity index (χ1v) is 11.9. The molecule has 2 aromatic rings. The Hall–Kier alpha value is -2.15. The summed E-state index contributed by atoms with van der Waals surface area (Å²) in [5.41, 5.74) is 1.04. The van der Waals surface area contributed by atoms with Crippen LogP contribution in [0.5, 0.6) is 5.75 Å². The van der Waals surface area contributed by atoms with Crippen molar-refractivity contribution in [3.8, 4) is 5.75 Å². The Morgan fingerprint density at radius 1 is 0.970 bits per heavy atom. The number of carbonyl (C=O) groups excluding carboxylic acids is 2. The van der Waals surface area contributed by atoms with E-state index in [0.717, 1.165) is 5.69 Å². The number of hydrogen-bond acceptors (Lipinski definition) is 4. The largest absolute Gasteiger partial charge is 0.479 e. The molecule has 1 atom stereocenters. The predicted molar refractivity (Wildman–Crippen MR) is 135 cm³/mol. The first-order chi connectivity index (χ1) is 15.5. The van der Waals surface area contributed by atoms with Gasteiger partial charge in [-0.25, -0.2) is 0 Å². The molecule has 0 bridgehead atoms. The van der Waals surface area contributed by atoms with E-state index in [1.54, 1.807) is 37.3 Å². The van der Waals surface area contributed by atoms with Gasteiger partial charge in [-0.3, -0.25) is 9.59 Å². The quantitative estimate of drug-likeness (QED) is 0.554. The average molecular weight is 513 g/mol. The van der Waals surface area contributed by atoms with E-state index in [1.807, 2.05) is 31.7 Å². The van der Waals surface area contributed by atoms with Crippen molar-refractivity contribution in [3.05, 3.63) is 51.5 Å². The summed E-state index contributed by atoms with van der Waals surface area (Å²) in [5.74, 6) is 0.197. The van der Waals surface area contributed by atoms with Crippen LogP contribution in [0.2, 0.25) is 15.1 Å². The number of benzene rings is 2. The molecule has 1 aliphatic rings. The van der Waals surface area contributed by atoms with E-state index in [2.05, 4.69) is 10.2 Å². The van der Waals surface area contributed by atoms with Crippen molar-refractivity contribution < 1.29 is 14.3 Å². The fourth-order valence-electron chi connectivity index (χ4n) is 3.52. The molecule has 2 amide bonds. The highest BCUT2D eigenvalue weighted by molar-refractivity contribution is 6.35. The molecule has 0 spiro atoms. The van der Waals surface area contributed by atoms with Crippen LogP contribution in [0, 0.1) is 5.41 Å². The van der Waals surface area contributed by atoms with Crippen LogP contribution in [0.3, 0.4) is 0 Å². The highest BCUT2D eigenvalue weighted by atomic mass is 35.5. The molecule has 0 unspecified atom stereocenters. The van der Waals surface area contributed by atoms with Gasteiger partial charge in [0.1, 0.15) is 5.75 Å². The first-order valence-electron chi connectivity index (χ1n) is 10.7. The molecule has 6 nitrogen and oxygen atoms in total. The lowest BCUT2D eigenvalue weighted by Gasteiger charge is -2.39. The number of rotatable bonds is 5. The average Bonchev–Trinajstić information content (AvgIpc) is 2.74. The molecule has 1 N–H and O–H groups in total. The highest BCUT2D eigenvalue weighted by Crippen LogP contribution is 2.31. The number of carbonyl (C=O) groups is 2. The van der Waals surface area contributed by atoms with Gasteiger partial charge in [0.05, 0.1) is 15.7 Å². The van der Waals surface area contributed by atoms with Gasteiger partial charge in [0.15, 0.2) is 6.10 Å². The smallest absolute Gasteiger partial charge is 0.265 e. The Morgan fingerprint density at radius 2 is 1.64 bits per heavy atom. The molecular formula is C24H28Cl3N3O3. The Bertz CT molecular complexity index is 1030. The third-order valence-corrected chi connectivity index (χ3v) is 6.16. The third-order valence-electron chi connectivity index (χ3n) is 5.33. The zero-order valence-corrected chi connectivity index (χ0v) is 21.4. The van der Waals surface area contributed by atoms with Crippen LogP contribution in [-0.4, -0.2) is 49.0 Å². The third kappa shape index (κ3) is 6.46. The standard InChI is InChI=1S/C24H28Cl3N3O3/c1-15(33-21-8-5-16(25)13-19(21)27)22(31)28-17-6-7-20(18(26)14-17)29-9-11-30(12-10-29)23(32)24(2,3)4/h5-8,13-15H,9-12H2,1-4H3,(H,28,31)/t15-/m0/s1. The van der Waals surface area contributed by atoms with Crippen LogP contribution < -0.4 is 15.0 Å². The summed E-state index contributed by atoms with van der Waals surface area (Å²) in [4.78, 5) is 29.1. The molecule has 0 aromatic heterocycles. The van der Waals surface area contributed by atoms with Gasteiger partial charge in [0.25, 0.3) is 5.91 Å². The summed E-state index contributed by atoms with van der Waals surface area (Å²) in [6.45, 7) is 10.1. The fraction of sp³-hybridized carbons (Fsp3) is 0.417. The zero-order chi connectivity index (χ0) is 24.3. The number of ether oxygens (including phenoxy) is 1. The number of nitrogens with zero attached hydrogens (tertiary/aromatic N) is 2. The fourth-order valence-corrected chi connectivity index (χ4v) is 4.28. The van der Waals surface area contributed by atoms with Crippen molar-refractivity contribution in [2.45, 2.75) is 33.8 Å². The van der Waals surface area contributed by atoms with E-state index in [-0.39, 0.29) is 17.2 Å². The Kier molecular flexibility index (Phi) is 8.04. The summed E-state index contributed by atoms with van der Waals surface area (Å²) in [7, 11) is 0.